The van der Waals surface area contributed by atoms with Crippen LogP contribution in [0.25, 0.3) is 0 Å². The summed E-state index contributed by atoms with van der Waals surface area (Å²) in [6.45, 7) is 5.53. The highest BCUT2D eigenvalue weighted by molar-refractivity contribution is 6.05. The Morgan fingerprint density at radius 2 is 1.39 bits per heavy atom. The smallest absolute Gasteiger partial charge is 0.255 e. The number of anilines is 2. The zero-order valence-electron chi connectivity index (χ0n) is 17.8. The Bertz CT molecular complexity index is 1100. The molecular weight excluding hydrogens is 390 g/mol. The minimum Gasteiger partial charge on any atom is -0.343 e. The van der Waals surface area contributed by atoms with Gasteiger partial charge in [0, 0.05) is 22.5 Å². The molecule has 0 spiro atoms. The molecule has 3 rings (SSSR count). The Hall–Kier alpha value is -3.93. The standard InChI is InChI=1S/C25H25N3O3/c1-16-11-17(2)13-20(12-16)24(30)26-15-23(29)28-22-14-21(10-9-18(22)3)27-25(31)19-7-5-4-6-8-19/h4-14H,15H2,1-3H3,(H,26,30)(H,27,31)(H,28,29). The fraction of sp³-hybridized carbons (Fsp3) is 0.160. The van der Waals surface area contributed by atoms with Gasteiger partial charge < -0.3 is 16.0 Å². The SMILES string of the molecule is Cc1cc(C)cc(C(=O)NCC(=O)Nc2cc(NC(=O)c3ccccc3)ccc2C)c1. The van der Waals surface area contributed by atoms with E-state index in [9.17, 15) is 14.4 Å². The number of nitrogens with one attached hydrogen (secondary N) is 3. The van der Waals surface area contributed by atoms with E-state index in [-0.39, 0.29) is 24.3 Å². The van der Waals surface area contributed by atoms with Crippen molar-refractivity contribution >= 4 is 29.1 Å². The lowest BCUT2D eigenvalue weighted by Gasteiger charge is -2.12. The van der Waals surface area contributed by atoms with E-state index in [0.29, 0.717) is 22.5 Å². The lowest BCUT2D eigenvalue weighted by molar-refractivity contribution is -0.115. The molecule has 31 heavy (non-hydrogen) atoms. The Morgan fingerprint density at radius 3 is 2.06 bits per heavy atom. The van der Waals surface area contributed by atoms with Gasteiger partial charge >= 0.3 is 0 Å². The van der Waals surface area contributed by atoms with Crippen LogP contribution < -0.4 is 16.0 Å². The van der Waals surface area contributed by atoms with Crippen LogP contribution in [0.3, 0.4) is 0 Å². The Kier molecular flexibility index (Phi) is 6.82. The fourth-order valence-electron chi connectivity index (χ4n) is 3.19. The van der Waals surface area contributed by atoms with Crippen LogP contribution in [0.5, 0.6) is 0 Å². The summed E-state index contributed by atoms with van der Waals surface area (Å²) >= 11 is 0. The van der Waals surface area contributed by atoms with Gasteiger partial charge in [-0.1, -0.05) is 41.5 Å². The van der Waals surface area contributed by atoms with E-state index in [1.54, 1.807) is 48.5 Å². The first kappa shape index (κ1) is 21.8. The van der Waals surface area contributed by atoms with E-state index in [4.69, 9.17) is 0 Å². The number of benzene rings is 3. The van der Waals surface area contributed by atoms with Crippen LogP contribution >= 0.6 is 0 Å². The van der Waals surface area contributed by atoms with E-state index in [1.807, 2.05) is 39.0 Å². The molecule has 0 saturated heterocycles. The number of carbonyl (C=O) groups excluding carboxylic acids is 3. The Morgan fingerprint density at radius 1 is 0.710 bits per heavy atom. The van der Waals surface area contributed by atoms with Crippen molar-refractivity contribution in [2.75, 3.05) is 17.2 Å². The first-order valence-electron chi connectivity index (χ1n) is 9.95. The molecule has 3 N–H and O–H groups in total. The molecule has 0 aliphatic heterocycles. The summed E-state index contributed by atoms with van der Waals surface area (Å²) in [5, 5.41) is 8.25. The largest absolute Gasteiger partial charge is 0.343 e. The maximum absolute atomic E-state index is 12.4. The number of aryl methyl sites for hydroxylation is 3. The molecule has 3 aromatic carbocycles. The molecule has 3 amide bonds. The zero-order chi connectivity index (χ0) is 22.4. The molecular formula is C25H25N3O3. The van der Waals surface area contributed by atoms with Crippen LogP contribution in [0, 0.1) is 20.8 Å². The predicted molar refractivity (Wildman–Crippen MR) is 122 cm³/mol. The van der Waals surface area contributed by atoms with Crippen LogP contribution in [-0.2, 0) is 4.79 Å². The summed E-state index contributed by atoms with van der Waals surface area (Å²) in [7, 11) is 0. The van der Waals surface area contributed by atoms with Crippen molar-refractivity contribution in [2.24, 2.45) is 0 Å². The topological polar surface area (TPSA) is 87.3 Å². The fourth-order valence-corrected chi connectivity index (χ4v) is 3.19. The molecule has 0 heterocycles. The maximum atomic E-state index is 12.4. The molecule has 6 nitrogen and oxygen atoms in total. The van der Waals surface area contributed by atoms with Gasteiger partial charge in [0.15, 0.2) is 0 Å². The summed E-state index contributed by atoms with van der Waals surface area (Å²) in [4.78, 5) is 37.1. The summed E-state index contributed by atoms with van der Waals surface area (Å²) < 4.78 is 0. The number of hydrogen-bond acceptors (Lipinski definition) is 3. The Labute approximate surface area is 181 Å². The van der Waals surface area contributed by atoms with Crippen LogP contribution in [0.2, 0.25) is 0 Å². The second kappa shape index (κ2) is 9.71. The quantitative estimate of drug-likeness (QED) is 0.563. The lowest BCUT2D eigenvalue weighted by atomic mass is 10.1. The molecule has 158 valence electrons. The summed E-state index contributed by atoms with van der Waals surface area (Å²) in [5.74, 6) is -0.891. The van der Waals surface area contributed by atoms with E-state index >= 15 is 0 Å². The zero-order valence-corrected chi connectivity index (χ0v) is 17.8. The highest BCUT2D eigenvalue weighted by atomic mass is 16.2. The highest BCUT2D eigenvalue weighted by Crippen LogP contribution is 2.21. The van der Waals surface area contributed by atoms with Crippen LogP contribution in [0.1, 0.15) is 37.4 Å². The average molecular weight is 415 g/mol. The summed E-state index contributed by atoms with van der Waals surface area (Å²) in [5.41, 5.74) is 5.01. The number of amides is 3. The van der Waals surface area contributed by atoms with E-state index in [0.717, 1.165) is 16.7 Å². The van der Waals surface area contributed by atoms with E-state index < -0.39 is 0 Å². The van der Waals surface area contributed by atoms with E-state index in [1.165, 1.54) is 0 Å². The molecule has 0 saturated carbocycles. The van der Waals surface area contributed by atoms with E-state index in [2.05, 4.69) is 16.0 Å². The number of rotatable bonds is 6. The third kappa shape index (κ3) is 6.02. The van der Waals surface area contributed by atoms with Crippen LogP contribution in [0.4, 0.5) is 11.4 Å². The Balaban J connectivity index is 1.61. The second-order valence-corrected chi connectivity index (χ2v) is 7.46. The van der Waals surface area contributed by atoms with Gasteiger partial charge in [0.05, 0.1) is 6.54 Å². The average Bonchev–Trinajstić information content (AvgIpc) is 2.74. The van der Waals surface area contributed by atoms with Crippen molar-refractivity contribution in [3.05, 3.63) is 94.5 Å². The van der Waals surface area contributed by atoms with Gasteiger partial charge in [-0.2, -0.15) is 0 Å². The molecule has 0 aromatic heterocycles. The maximum Gasteiger partial charge on any atom is 0.255 e. The van der Waals surface area contributed by atoms with Crippen molar-refractivity contribution in [1.29, 1.82) is 0 Å². The first-order valence-corrected chi connectivity index (χ1v) is 9.95. The van der Waals surface area contributed by atoms with Gasteiger partial charge in [-0.25, -0.2) is 0 Å². The van der Waals surface area contributed by atoms with Crippen molar-refractivity contribution in [3.63, 3.8) is 0 Å². The molecule has 0 aliphatic rings. The molecule has 3 aromatic rings. The number of hydrogen-bond donors (Lipinski definition) is 3. The third-order valence-electron chi connectivity index (χ3n) is 4.70. The molecule has 0 aliphatic carbocycles. The van der Waals surface area contributed by atoms with Crippen molar-refractivity contribution < 1.29 is 14.4 Å². The van der Waals surface area contributed by atoms with Gasteiger partial charge in [-0.15, -0.1) is 0 Å². The third-order valence-corrected chi connectivity index (χ3v) is 4.70. The summed E-state index contributed by atoms with van der Waals surface area (Å²) in [6.07, 6.45) is 0. The molecule has 0 radical (unpaired) electrons. The minimum atomic E-state index is -0.354. The highest BCUT2D eigenvalue weighted by Gasteiger charge is 2.11. The van der Waals surface area contributed by atoms with Gasteiger partial charge in [-0.05, 0) is 62.7 Å². The molecule has 0 bridgehead atoms. The molecule has 0 atom stereocenters. The molecule has 0 unspecified atom stereocenters. The number of carbonyl (C=O) groups is 3. The van der Waals surface area contributed by atoms with Crippen molar-refractivity contribution in [2.45, 2.75) is 20.8 Å². The normalized spacial score (nSPS) is 10.3. The first-order chi connectivity index (χ1) is 14.8. The monoisotopic (exact) mass is 415 g/mol. The van der Waals surface area contributed by atoms with Gasteiger partial charge in [-0.3, -0.25) is 14.4 Å². The van der Waals surface area contributed by atoms with Crippen molar-refractivity contribution in [3.8, 4) is 0 Å². The van der Waals surface area contributed by atoms with Gasteiger partial charge in [0.25, 0.3) is 11.8 Å². The summed E-state index contributed by atoms with van der Waals surface area (Å²) in [6, 6.07) is 19.7. The van der Waals surface area contributed by atoms with Crippen LogP contribution in [0.15, 0.2) is 66.7 Å². The lowest BCUT2D eigenvalue weighted by Crippen LogP contribution is -2.33. The second-order valence-electron chi connectivity index (χ2n) is 7.46. The minimum absolute atomic E-state index is 0.161. The molecule has 0 fully saturated rings. The van der Waals surface area contributed by atoms with Gasteiger partial charge in [0.2, 0.25) is 5.91 Å². The van der Waals surface area contributed by atoms with Crippen molar-refractivity contribution in [1.82, 2.24) is 5.32 Å². The van der Waals surface area contributed by atoms with Crippen LogP contribution in [-0.4, -0.2) is 24.3 Å². The molecule has 6 heteroatoms. The van der Waals surface area contributed by atoms with Gasteiger partial charge in [0.1, 0.15) is 0 Å². The predicted octanol–water partition coefficient (Wildman–Crippen LogP) is 4.23.